The Morgan fingerprint density at radius 1 is 1.07 bits per heavy atom. The van der Waals surface area contributed by atoms with Crippen LogP contribution in [0.4, 0.5) is 11.4 Å². The van der Waals surface area contributed by atoms with Gasteiger partial charge in [0.25, 0.3) is 0 Å². The van der Waals surface area contributed by atoms with E-state index < -0.39 is 0 Å². The standard InChI is InChI=1S/C23H22N2O3/c1-2-28-21-11-9-20(10-12-21)25-15-18(14-22(25)26)23(27)24-19-8-7-16-5-3-4-6-17(16)13-19/h3-13,18H,2,14-15H2,1H3,(H,24,27)/t18-/m0/s1. The van der Waals surface area contributed by atoms with Crippen molar-refractivity contribution >= 4 is 34.0 Å². The van der Waals surface area contributed by atoms with E-state index in [9.17, 15) is 9.59 Å². The maximum absolute atomic E-state index is 12.7. The van der Waals surface area contributed by atoms with Crippen LogP contribution >= 0.6 is 0 Å². The summed E-state index contributed by atoms with van der Waals surface area (Å²) in [6.45, 7) is 2.90. The number of carbonyl (C=O) groups excluding carboxylic acids is 2. The molecule has 0 saturated carbocycles. The first-order valence-electron chi connectivity index (χ1n) is 9.47. The molecule has 0 bridgehead atoms. The van der Waals surface area contributed by atoms with Gasteiger partial charge in [-0.05, 0) is 54.1 Å². The Bertz CT molecular complexity index is 1010. The number of hydrogen-bond acceptors (Lipinski definition) is 3. The number of ether oxygens (including phenoxy) is 1. The van der Waals surface area contributed by atoms with Gasteiger partial charge in [-0.3, -0.25) is 9.59 Å². The van der Waals surface area contributed by atoms with Crippen molar-refractivity contribution in [2.75, 3.05) is 23.4 Å². The third kappa shape index (κ3) is 3.69. The number of hydrogen-bond donors (Lipinski definition) is 1. The molecule has 0 spiro atoms. The zero-order valence-corrected chi connectivity index (χ0v) is 15.7. The molecule has 142 valence electrons. The second-order valence-electron chi connectivity index (χ2n) is 6.88. The van der Waals surface area contributed by atoms with Gasteiger partial charge in [-0.2, -0.15) is 0 Å². The van der Waals surface area contributed by atoms with Gasteiger partial charge in [-0.25, -0.2) is 0 Å². The zero-order chi connectivity index (χ0) is 19.5. The van der Waals surface area contributed by atoms with E-state index in [4.69, 9.17) is 4.74 Å². The Morgan fingerprint density at radius 2 is 1.82 bits per heavy atom. The molecule has 1 aliphatic heterocycles. The van der Waals surface area contributed by atoms with Crippen molar-refractivity contribution in [2.24, 2.45) is 5.92 Å². The second-order valence-corrected chi connectivity index (χ2v) is 6.88. The molecule has 1 N–H and O–H groups in total. The molecule has 1 fully saturated rings. The summed E-state index contributed by atoms with van der Waals surface area (Å²) in [5, 5.41) is 5.15. The number of carbonyl (C=O) groups is 2. The highest BCUT2D eigenvalue weighted by Crippen LogP contribution is 2.28. The van der Waals surface area contributed by atoms with Gasteiger partial charge < -0.3 is 15.0 Å². The highest BCUT2D eigenvalue weighted by molar-refractivity contribution is 6.04. The van der Waals surface area contributed by atoms with E-state index in [0.717, 1.165) is 27.9 Å². The number of benzene rings is 3. The average Bonchev–Trinajstić information content (AvgIpc) is 3.11. The molecule has 4 rings (SSSR count). The summed E-state index contributed by atoms with van der Waals surface area (Å²) in [7, 11) is 0. The van der Waals surface area contributed by atoms with E-state index in [2.05, 4.69) is 5.32 Å². The first-order valence-corrected chi connectivity index (χ1v) is 9.47. The van der Waals surface area contributed by atoms with Gasteiger partial charge in [0.1, 0.15) is 5.75 Å². The van der Waals surface area contributed by atoms with Crippen LogP contribution < -0.4 is 15.0 Å². The maximum Gasteiger partial charge on any atom is 0.229 e. The van der Waals surface area contributed by atoms with Crippen LogP contribution in [0.5, 0.6) is 5.75 Å². The largest absolute Gasteiger partial charge is 0.494 e. The summed E-state index contributed by atoms with van der Waals surface area (Å²) in [5.41, 5.74) is 1.53. The Hall–Kier alpha value is -3.34. The van der Waals surface area contributed by atoms with E-state index >= 15 is 0 Å². The highest BCUT2D eigenvalue weighted by Gasteiger charge is 2.35. The van der Waals surface area contributed by atoms with Crippen molar-refractivity contribution in [1.29, 1.82) is 0 Å². The van der Waals surface area contributed by atoms with Gasteiger partial charge in [-0.15, -0.1) is 0 Å². The lowest BCUT2D eigenvalue weighted by atomic mass is 10.1. The Kier molecular flexibility index (Phi) is 4.98. The molecule has 3 aromatic rings. The van der Waals surface area contributed by atoms with E-state index in [-0.39, 0.29) is 24.2 Å². The first-order chi connectivity index (χ1) is 13.6. The fourth-order valence-corrected chi connectivity index (χ4v) is 3.53. The van der Waals surface area contributed by atoms with Crippen LogP contribution in [0.1, 0.15) is 13.3 Å². The van der Waals surface area contributed by atoms with Crippen LogP contribution in [0, 0.1) is 5.92 Å². The Morgan fingerprint density at radius 3 is 2.57 bits per heavy atom. The molecule has 28 heavy (non-hydrogen) atoms. The van der Waals surface area contributed by atoms with E-state index in [1.54, 1.807) is 4.90 Å². The molecule has 2 amide bonds. The summed E-state index contributed by atoms with van der Waals surface area (Å²) < 4.78 is 5.44. The molecule has 0 radical (unpaired) electrons. The molecule has 1 heterocycles. The molecule has 5 nitrogen and oxygen atoms in total. The predicted molar refractivity (Wildman–Crippen MR) is 111 cm³/mol. The normalized spacial score (nSPS) is 16.4. The van der Waals surface area contributed by atoms with Crippen LogP contribution in [0.2, 0.25) is 0 Å². The minimum absolute atomic E-state index is 0.0391. The summed E-state index contributed by atoms with van der Waals surface area (Å²) >= 11 is 0. The third-order valence-corrected chi connectivity index (χ3v) is 4.97. The van der Waals surface area contributed by atoms with Gasteiger partial charge >= 0.3 is 0 Å². The fraction of sp³-hybridized carbons (Fsp3) is 0.217. The lowest BCUT2D eigenvalue weighted by molar-refractivity contribution is -0.122. The number of fused-ring (bicyclic) bond motifs is 1. The molecular weight excluding hydrogens is 352 g/mol. The third-order valence-electron chi connectivity index (χ3n) is 4.97. The van der Waals surface area contributed by atoms with Crippen molar-refractivity contribution in [3.63, 3.8) is 0 Å². The predicted octanol–water partition coefficient (Wildman–Crippen LogP) is 4.23. The Labute approximate surface area is 163 Å². The van der Waals surface area contributed by atoms with Crippen LogP contribution in [0.25, 0.3) is 10.8 Å². The molecule has 1 atom stereocenters. The van der Waals surface area contributed by atoms with E-state index in [0.29, 0.717) is 13.2 Å². The quantitative estimate of drug-likeness (QED) is 0.727. The van der Waals surface area contributed by atoms with Gasteiger partial charge in [0, 0.05) is 24.3 Å². The van der Waals surface area contributed by atoms with Gasteiger partial charge in [0.05, 0.1) is 12.5 Å². The topological polar surface area (TPSA) is 58.6 Å². The molecule has 1 saturated heterocycles. The summed E-state index contributed by atoms with van der Waals surface area (Å²) in [6, 6.07) is 21.2. The Balaban J connectivity index is 1.44. The highest BCUT2D eigenvalue weighted by atomic mass is 16.5. The number of anilines is 2. The SMILES string of the molecule is CCOc1ccc(N2C[C@@H](C(=O)Nc3ccc4ccccc4c3)CC2=O)cc1. The molecule has 0 aromatic heterocycles. The summed E-state index contributed by atoms with van der Waals surface area (Å²) in [5.74, 6) is 0.230. The van der Waals surface area contributed by atoms with Crippen molar-refractivity contribution in [1.82, 2.24) is 0 Å². The molecular formula is C23H22N2O3. The van der Waals surface area contributed by atoms with Gasteiger partial charge in [0.15, 0.2) is 0 Å². The zero-order valence-electron chi connectivity index (χ0n) is 15.7. The summed E-state index contributed by atoms with van der Waals surface area (Å²) in [6.07, 6.45) is 0.215. The number of nitrogens with zero attached hydrogens (tertiary/aromatic N) is 1. The molecule has 3 aromatic carbocycles. The smallest absolute Gasteiger partial charge is 0.229 e. The number of rotatable bonds is 5. The first kappa shape index (κ1) is 18.0. The lowest BCUT2D eigenvalue weighted by Gasteiger charge is -2.17. The average molecular weight is 374 g/mol. The van der Waals surface area contributed by atoms with Crippen molar-refractivity contribution in [3.05, 3.63) is 66.7 Å². The molecule has 0 aliphatic carbocycles. The molecule has 1 aliphatic rings. The van der Waals surface area contributed by atoms with Gasteiger partial charge in [0.2, 0.25) is 11.8 Å². The van der Waals surface area contributed by atoms with Crippen molar-refractivity contribution in [2.45, 2.75) is 13.3 Å². The van der Waals surface area contributed by atoms with Crippen LogP contribution in [0.15, 0.2) is 66.7 Å². The summed E-state index contributed by atoms with van der Waals surface area (Å²) in [4.78, 5) is 26.8. The van der Waals surface area contributed by atoms with Crippen LogP contribution in [0.3, 0.4) is 0 Å². The van der Waals surface area contributed by atoms with Gasteiger partial charge in [-0.1, -0.05) is 30.3 Å². The fourth-order valence-electron chi connectivity index (χ4n) is 3.53. The van der Waals surface area contributed by atoms with E-state index in [1.165, 1.54) is 0 Å². The lowest BCUT2D eigenvalue weighted by Crippen LogP contribution is -2.28. The minimum Gasteiger partial charge on any atom is -0.494 e. The van der Waals surface area contributed by atoms with E-state index in [1.807, 2.05) is 73.7 Å². The number of nitrogens with one attached hydrogen (secondary N) is 1. The van der Waals surface area contributed by atoms with Crippen molar-refractivity contribution in [3.8, 4) is 5.75 Å². The molecule has 5 heteroatoms. The monoisotopic (exact) mass is 374 g/mol. The second kappa shape index (κ2) is 7.72. The number of amides is 2. The van der Waals surface area contributed by atoms with Crippen LogP contribution in [-0.2, 0) is 9.59 Å². The molecule has 0 unspecified atom stereocenters. The minimum atomic E-state index is -0.370. The van der Waals surface area contributed by atoms with Crippen LogP contribution in [-0.4, -0.2) is 25.0 Å². The maximum atomic E-state index is 12.7. The van der Waals surface area contributed by atoms with Crippen molar-refractivity contribution < 1.29 is 14.3 Å².